The SMILES string of the molecule is COc1ccccc1N1CCNCc2ccccc21. The van der Waals surface area contributed by atoms with E-state index in [1.54, 1.807) is 7.11 Å². The Bertz CT molecular complexity index is 568. The molecule has 2 aromatic rings. The molecule has 0 saturated heterocycles. The first-order chi connectivity index (χ1) is 9.40. The standard InChI is InChI=1S/C16H18N2O/c1-19-16-9-5-4-8-15(16)18-11-10-17-12-13-6-2-3-7-14(13)18/h2-9,17H,10-12H2,1H3. The molecule has 0 unspecified atom stereocenters. The maximum Gasteiger partial charge on any atom is 0.142 e. The van der Waals surface area contributed by atoms with Gasteiger partial charge in [-0.15, -0.1) is 0 Å². The fraction of sp³-hybridized carbons (Fsp3) is 0.250. The summed E-state index contributed by atoms with van der Waals surface area (Å²) in [6.45, 7) is 2.83. The molecule has 0 bridgehead atoms. The van der Waals surface area contributed by atoms with Crippen LogP contribution in [0, 0.1) is 0 Å². The van der Waals surface area contributed by atoms with E-state index in [0.717, 1.165) is 31.1 Å². The smallest absolute Gasteiger partial charge is 0.142 e. The highest BCUT2D eigenvalue weighted by Crippen LogP contribution is 2.35. The second-order valence-corrected chi connectivity index (χ2v) is 4.63. The summed E-state index contributed by atoms with van der Waals surface area (Å²) in [6, 6.07) is 16.7. The number of nitrogens with zero attached hydrogens (tertiary/aromatic N) is 1. The van der Waals surface area contributed by atoms with Gasteiger partial charge in [-0.25, -0.2) is 0 Å². The van der Waals surface area contributed by atoms with Crippen LogP contribution in [0.5, 0.6) is 5.75 Å². The van der Waals surface area contributed by atoms with Crippen molar-refractivity contribution in [2.45, 2.75) is 6.54 Å². The second kappa shape index (κ2) is 5.33. The second-order valence-electron chi connectivity index (χ2n) is 4.63. The van der Waals surface area contributed by atoms with E-state index < -0.39 is 0 Å². The van der Waals surface area contributed by atoms with Crippen molar-refractivity contribution < 1.29 is 4.74 Å². The van der Waals surface area contributed by atoms with Crippen LogP contribution in [0.15, 0.2) is 48.5 Å². The lowest BCUT2D eigenvalue weighted by Gasteiger charge is -2.26. The van der Waals surface area contributed by atoms with Gasteiger partial charge in [0.2, 0.25) is 0 Å². The Balaban J connectivity index is 2.09. The first kappa shape index (κ1) is 12.1. The highest BCUT2D eigenvalue weighted by molar-refractivity contribution is 5.71. The van der Waals surface area contributed by atoms with Crippen LogP contribution < -0.4 is 15.0 Å². The zero-order chi connectivity index (χ0) is 13.1. The molecule has 2 aromatic carbocycles. The van der Waals surface area contributed by atoms with Gasteiger partial charge in [-0.05, 0) is 23.8 Å². The van der Waals surface area contributed by atoms with Crippen molar-refractivity contribution in [3.8, 4) is 5.75 Å². The summed E-state index contributed by atoms with van der Waals surface area (Å²) in [5.74, 6) is 0.916. The van der Waals surface area contributed by atoms with E-state index in [1.165, 1.54) is 11.3 Å². The van der Waals surface area contributed by atoms with Gasteiger partial charge in [0, 0.05) is 25.3 Å². The molecule has 0 aromatic heterocycles. The molecule has 19 heavy (non-hydrogen) atoms. The van der Waals surface area contributed by atoms with E-state index in [9.17, 15) is 0 Å². The van der Waals surface area contributed by atoms with Gasteiger partial charge in [0.1, 0.15) is 5.75 Å². The molecule has 1 heterocycles. The quantitative estimate of drug-likeness (QED) is 0.891. The topological polar surface area (TPSA) is 24.5 Å². The van der Waals surface area contributed by atoms with Gasteiger partial charge >= 0.3 is 0 Å². The van der Waals surface area contributed by atoms with Crippen LogP contribution in [0.2, 0.25) is 0 Å². The Morgan fingerprint density at radius 2 is 1.74 bits per heavy atom. The fourth-order valence-electron chi connectivity index (χ4n) is 2.56. The summed E-state index contributed by atoms with van der Waals surface area (Å²) in [6.07, 6.45) is 0. The molecular weight excluding hydrogens is 236 g/mol. The molecule has 0 fully saturated rings. The molecule has 0 atom stereocenters. The van der Waals surface area contributed by atoms with Crippen molar-refractivity contribution in [3.63, 3.8) is 0 Å². The average molecular weight is 254 g/mol. The van der Waals surface area contributed by atoms with Crippen LogP contribution in [-0.4, -0.2) is 20.2 Å². The Morgan fingerprint density at radius 3 is 2.58 bits per heavy atom. The van der Waals surface area contributed by atoms with Crippen molar-refractivity contribution >= 4 is 11.4 Å². The highest BCUT2D eigenvalue weighted by atomic mass is 16.5. The first-order valence-electron chi connectivity index (χ1n) is 6.59. The summed E-state index contributed by atoms with van der Waals surface area (Å²) in [4.78, 5) is 2.33. The number of benzene rings is 2. The Morgan fingerprint density at radius 1 is 1.00 bits per heavy atom. The number of methoxy groups -OCH3 is 1. The van der Waals surface area contributed by atoms with Gasteiger partial charge in [0.25, 0.3) is 0 Å². The number of ether oxygens (including phenoxy) is 1. The lowest BCUT2D eigenvalue weighted by molar-refractivity contribution is 0.415. The van der Waals surface area contributed by atoms with E-state index in [-0.39, 0.29) is 0 Å². The maximum atomic E-state index is 5.49. The molecule has 3 rings (SSSR count). The predicted octanol–water partition coefficient (Wildman–Crippen LogP) is 2.94. The van der Waals surface area contributed by atoms with Gasteiger partial charge in [-0.1, -0.05) is 30.3 Å². The molecule has 3 nitrogen and oxygen atoms in total. The first-order valence-corrected chi connectivity index (χ1v) is 6.59. The highest BCUT2D eigenvalue weighted by Gasteiger charge is 2.18. The van der Waals surface area contributed by atoms with Crippen LogP contribution >= 0.6 is 0 Å². The minimum absolute atomic E-state index is 0.916. The van der Waals surface area contributed by atoms with E-state index in [2.05, 4.69) is 46.6 Å². The number of hydrogen-bond donors (Lipinski definition) is 1. The molecule has 0 saturated carbocycles. The minimum atomic E-state index is 0.916. The molecule has 3 heteroatoms. The van der Waals surface area contributed by atoms with Crippen LogP contribution in [-0.2, 0) is 6.54 Å². The van der Waals surface area contributed by atoms with Crippen molar-refractivity contribution in [3.05, 3.63) is 54.1 Å². The van der Waals surface area contributed by atoms with Crippen LogP contribution in [0.1, 0.15) is 5.56 Å². The van der Waals surface area contributed by atoms with Gasteiger partial charge in [-0.2, -0.15) is 0 Å². The third kappa shape index (κ3) is 2.29. The summed E-state index contributed by atoms with van der Waals surface area (Å²) in [7, 11) is 1.72. The summed E-state index contributed by atoms with van der Waals surface area (Å²) in [5, 5.41) is 3.46. The summed E-state index contributed by atoms with van der Waals surface area (Å²) < 4.78 is 5.49. The molecule has 0 aliphatic carbocycles. The Labute approximate surface area is 113 Å². The number of hydrogen-bond acceptors (Lipinski definition) is 3. The Kier molecular flexibility index (Phi) is 3.38. The normalized spacial score (nSPS) is 14.7. The van der Waals surface area contributed by atoms with Crippen molar-refractivity contribution in [2.24, 2.45) is 0 Å². The van der Waals surface area contributed by atoms with Crippen LogP contribution in [0.3, 0.4) is 0 Å². The summed E-state index contributed by atoms with van der Waals surface area (Å²) >= 11 is 0. The zero-order valence-corrected chi connectivity index (χ0v) is 11.1. The number of nitrogens with one attached hydrogen (secondary N) is 1. The third-order valence-electron chi connectivity index (χ3n) is 3.49. The molecule has 1 aliphatic rings. The van der Waals surface area contributed by atoms with Crippen molar-refractivity contribution in [2.75, 3.05) is 25.1 Å². The van der Waals surface area contributed by atoms with Crippen molar-refractivity contribution in [1.29, 1.82) is 0 Å². The molecule has 0 amide bonds. The molecule has 1 N–H and O–H groups in total. The molecule has 0 radical (unpaired) electrons. The fourth-order valence-corrected chi connectivity index (χ4v) is 2.56. The molecule has 0 spiro atoms. The van der Waals surface area contributed by atoms with Crippen LogP contribution in [0.4, 0.5) is 11.4 Å². The monoisotopic (exact) mass is 254 g/mol. The molecule has 98 valence electrons. The van der Waals surface area contributed by atoms with E-state index in [1.807, 2.05) is 12.1 Å². The number of fused-ring (bicyclic) bond motifs is 1. The lowest BCUT2D eigenvalue weighted by atomic mass is 10.1. The summed E-state index contributed by atoms with van der Waals surface area (Å²) in [5.41, 5.74) is 3.71. The van der Waals surface area contributed by atoms with E-state index in [4.69, 9.17) is 4.74 Å². The number of rotatable bonds is 2. The Hall–Kier alpha value is -2.00. The largest absolute Gasteiger partial charge is 0.495 e. The molecular formula is C16H18N2O. The minimum Gasteiger partial charge on any atom is -0.495 e. The van der Waals surface area contributed by atoms with Gasteiger partial charge in [-0.3, -0.25) is 0 Å². The maximum absolute atomic E-state index is 5.49. The van der Waals surface area contributed by atoms with Crippen molar-refractivity contribution in [1.82, 2.24) is 5.32 Å². The lowest BCUT2D eigenvalue weighted by Crippen LogP contribution is -2.24. The van der Waals surface area contributed by atoms with E-state index >= 15 is 0 Å². The number of anilines is 2. The van der Waals surface area contributed by atoms with E-state index in [0.29, 0.717) is 0 Å². The van der Waals surface area contributed by atoms with Gasteiger partial charge in [0.15, 0.2) is 0 Å². The third-order valence-corrected chi connectivity index (χ3v) is 3.49. The average Bonchev–Trinajstić information content (AvgIpc) is 2.69. The zero-order valence-electron chi connectivity index (χ0n) is 11.1. The van der Waals surface area contributed by atoms with Gasteiger partial charge in [0.05, 0.1) is 12.8 Å². The van der Waals surface area contributed by atoms with Gasteiger partial charge < -0.3 is 15.0 Å². The molecule has 1 aliphatic heterocycles. The van der Waals surface area contributed by atoms with Crippen LogP contribution in [0.25, 0.3) is 0 Å². The predicted molar refractivity (Wildman–Crippen MR) is 78.1 cm³/mol. The number of para-hydroxylation sites is 3.